The second kappa shape index (κ2) is 6.86. The van der Waals surface area contributed by atoms with E-state index >= 15 is 0 Å². The molecule has 0 heterocycles. The van der Waals surface area contributed by atoms with E-state index in [4.69, 9.17) is 11.6 Å². The number of halogens is 1. The molecule has 5 nitrogen and oxygen atoms in total. The fourth-order valence-electron chi connectivity index (χ4n) is 1.31. The third-order valence-corrected chi connectivity index (χ3v) is 2.59. The lowest BCUT2D eigenvalue weighted by Crippen LogP contribution is -2.10. The Hall–Kier alpha value is -1.75. The highest BCUT2D eigenvalue weighted by molar-refractivity contribution is 6.33. The third-order valence-electron chi connectivity index (χ3n) is 2.26. The molecule has 0 saturated heterocycles. The van der Waals surface area contributed by atoms with Gasteiger partial charge < -0.3 is 14.8 Å². The molecular formula is C12H14ClNO4. The lowest BCUT2D eigenvalue weighted by Gasteiger charge is -2.09. The number of carbonyl (C=O) groups excluding carboxylic acids is 2. The molecule has 0 unspecified atom stereocenters. The largest absolute Gasteiger partial charge is 0.469 e. The summed E-state index contributed by atoms with van der Waals surface area (Å²) < 4.78 is 9.12. The Morgan fingerprint density at radius 3 is 2.61 bits per heavy atom. The van der Waals surface area contributed by atoms with Gasteiger partial charge in [0, 0.05) is 6.54 Å². The maximum absolute atomic E-state index is 11.3. The molecule has 6 heteroatoms. The van der Waals surface area contributed by atoms with Gasteiger partial charge in [0.2, 0.25) is 0 Å². The van der Waals surface area contributed by atoms with Crippen molar-refractivity contribution >= 4 is 29.2 Å². The molecule has 0 aliphatic carbocycles. The molecule has 98 valence electrons. The summed E-state index contributed by atoms with van der Waals surface area (Å²) in [5, 5.41) is 3.42. The molecule has 0 radical (unpaired) electrons. The fourth-order valence-corrected chi connectivity index (χ4v) is 1.49. The lowest BCUT2D eigenvalue weighted by atomic mass is 10.2. The molecule has 1 aromatic carbocycles. The predicted octanol–water partition coefficient (Wildman–Crippen LogP) is 2.10. The number of hydrogen-bond acceptors (Lipinski definition) is 5. The smallest absolute Gasteiger partial charge is 0.337 e. The molecular weight excluding hydrogens is 258 g/mol. The third kappa shape index (κ3) is 3.92. The van der Waals surface area contributed by atoms with Gasteiger partial charge in [0.25, 0.3) is 0 Å². The summed E-state index contributed by atoms with van der Waals surface area (Å²) in [6.07, 6.45) is 0.218. The number of carbonyl (C=O) groups is 2. The van der Waals surface area contributed by atoms with Gasteiger partial charge in [0.05, 0.1) is 36.9 Å². The van der Waals surface area contributed by atoms with Crippen molar-refractivity contribution in [3.05, 3.63) is 28.8 Å². The quantitative estimate of drug-likeness (QED) is 0.831. The van der Waals surface area contributed by atoms with E-state index in [0.29, 0.717) is 22.8 Å². The molecule has 0 saturated carbocycles. The first-order valence-corrected chi connectivity index (χ1v) is 5.65. The van der Waals surface area contributed by atoms with Crippen molar-refractivity contribution in [1.29, 1.82) is 0 Å². The zero-order chi connectivity index (χ0) is 13.5. The topological polar surface area (TPSA) is 64.6 Å². The van der Waals surface area contributed by atoms with Gasteiger partial charge in [0.1, 0.15) is 0 Å². The molecule has 0 bridgehead atoms. The number of anilines is 1. The normalized spacial score (nSPS) is 9.72. The number of nitrogens with one attached hydrogen (secondary N) is 1. The first-order chi connectivity index (χ1) is 8.58. The van der Waals surface area contributed by atoms with Gasteiger partial charge in [-0.25, -0.2) is 4.79 Å². The van der Waals surface area contributed by atoms with Crippen molar-refractivity contribution in [2.45, 2.75) is 6.42 Å². The Labute approximate surface area is 110 Å². The van der Waals surface area contributed by atoms with Gasteiger partial charge >= 0.3 is 11.9 Å². The molecule has 0 amide bonds. The molecule has 18 heavy (non-hydrogen) atoms. The van der Waals surface area contributed by atoms with Crippen LogP contribution in [0.5, 0.6) is 0 Å². The maximum atomic E-state index is 11.3. The maximum Gasteiger partial charge on any atom is 0.337 e. The first kappa shape index (κ1) is 14.3. The summed E-state index contributed by atoms with van der Waals surface area (Å²) in [6.45, 7) is 0.372. The van der Waals surface area contributed by atoms with E-state index in [2.05, 4.69) is 14.8 Å². The number of methoxy groups -OCH3 is 2. The van der Waals surface area contributed by atoms with Crippen LogP contribution in [0.3, 0.4) is 0 Å². The molecule has 0 fully saturated rings. The highest BCUT2D eigenvalue weighted by atomic mass is 35.5. The Morgan fingerprint density at radius 2 is 2.00 bits per heavy atom. The Bertz CT molecular complexity index is 448. The second-order valence-corrected chi connectivity index (χ2v) is 3.85. The zero-order valence-electron chi connectivity index (χ0n) is 10.2. The summed E-state index contributed by atoms with van der Waals surface area (Å²) in [5.74, 6) is -0.759. The van der Waals surface area contributed by atoms with Crippen LogP contribution in [0.4, 0.5) is 5.69 Å². The van der Waals surface area contributed by atoms with E-state index in [1.165, 1.54) is 14.2 Å². The minimum atomic E-state index is -0.442. The van der Waals surface area contributed by atoms with Crippen LogP contribution in [0.15, 0.2) is 18.2 Å². The van der Waals surface area contributed by atoms with E-state index in [1.807, 2.05) is 0 Å². The molecule has 1 aromatic rings. The molecule has 0 aromatic heterocycles. The predicted molar refractivity (Wildman–Crippen MR) is 67.9 cm³/mol. The monoisotopic (exact) mass is 271 g/mol. The Morgan fingerprint density at radius 1 is 1.28 bits per heavy atom. The molecule has 1 rings (SSSR count). The average molecular weight is 272 g/mol. The standard InChI is InChI=1S/C12H14ClNO4/c1-17-11(15)5-6-14-10-7-8(12(16)18-2)3-4-9(10)13/h3-4,7,14H,5-6H2,1-2H3. The number of benzene rings is 1. The number of ether oxygens (including phenoxy) is 2. The first-order valence-electron chi connectivity index (χ1n) is 5.27. The minimum Gasteiger partial charge on any atom is -0.469 e. The molecule has 0 aliphatic rings. The van der Waals surface area contributed by atoms with Crippen LogP contribution in [0.2, 0.25) is 5.02 Å². The van der Waals surface area contributed by atoms with Crippen molar-refractivity contribution in [3.63, 3.8) is 0 Å². The Balaban J connectivity index is 2.69. The van der Waals surface area contributed by atoms with E-state index in [9.17, 15) is 9.59 Å². The second-order valence-electron chi connectivity index (χ2n) is 3.44. The van der Waals surface area contributed by atoms with E-state index < -0.39 is 5.97 Å². The zero-order valence-corrected chi connectivity index (χ0v) is 10.9. The number of hydrogen-bond donors (Lipinski definition) is 1. The van der Waals surface area contributed by atoms with Gasteiger partial charge in [-0.3, -0.25) is 4.79 Å². The van der Waals surface area contributed by atoms with Crippen molar-refractivity contribution in [3.8, 4) is 0 Å². The summed E-state index contributed by atoms with van der Waals surface area (Å²) >= 11 is 5.96. The molecule has 1 N–H and O–H groups in total. The van der Waals surface area contributed by atoms with Crippen LogP contribution >= 0.6 is 11.6 Å². The van der Waals surface area contributed by atoms with Crippen LogP contribution in [0.1, 0.15) is 16.8 Å². The Kier molecular flexibility index (Phi) is 5.45. The summed E-state index contributed by atoms with van der Waals surface area (Å²) in [4.78, 5) is 22.3. The molecule has 0 aliphatic heterocycles. The highest BCUT2D eigenvalue weighted by Gasteiger charge is 2.09. The molecule has 0 atom stereocenters. The average Bonchev–Trinajstić information content (AvgIpc) is 2.39. The van der Waals surface area contributed by atoms with Crippen LogP contribution < -0.4 is 5.32 Å². The minimum absolute atomic E-state index is 0.218. The van der Waals surface area contributed by atoms with Gasteiger partial charge in [-0.1, -0.05) is 11.6 Å². The molecule has 0 spiro atoms. The van der Waals surface area contributed by atoms with Crippen LogP contribution in [-0.2, 0) is 14.3 Å². The number of rotatable bonds is 5. The van der Waals surface area contributed by atoms with E-state index in [0.717, 1.165) is 0 Å². The van der Waals surface area contributed by atoms with E-state index in [-0.39, 0.29) is 12.4 Å². The van der Waals surface area contributed by atoms with Crippen molar-refractivity contribution < 1.29 is 19.1 Å². The van der Waals surface area contributed by atoms with Crippen LogP contribution in [-0.4, -0.2) is 32.7 Å². The SMILES string of the molecule is COC(=O)CCNc1cc(C(=O)OC)ccc1Cl. The summed E-state index contributed by atoms with van der Waals surface area (Å²) in [7, 11) is 2.63. The van der Waals surface area contributed by atoms with Crippen molar-refractivity contribution in [2.75, 3.05) is 26.1 Å². The lowest BCUT2D eigenvalue weighted by molar-refractivity contribution is -0.140. The van der Waals surface area contributed by atoms with Gasteiger partial charge in [-0.2, -0.15) is 0 Å². The highest BCUT2D eigenvalue weighted by Crippen LogP contribution is 2.23. The van der Waals surface area contributed by atoms with Gasteiger partial charge in [-0.15, -0.1) is 0 Å². The summed E-state index contributed by atoms with van der Waals surface area (Å²) in [6, 6.07) is 4.74. The van der Waals surface area contributed by atoms with Crippen molar-refractivity contribution in [1.82, 2.24) is 0 Å². The van der Waals surface area contributed by atoms with Crippen LogP contribution in [0.25, 0.3) is 0 Å². The number of esters is 2. The van der Waals surface area contributed by atoms with E-state index in [1.54, 1.807) is 18.2 Å². The van der Waals surface area contributed by atoms with Gasteiger partial charge in [0.15, 0.2) is 0 Å². The van der Waals surface area contributed by atoms with Crippen molar-refractivity contribution in [2.24, 2.45) is 0 Å². The summed E-state index contributed by atoms with van der Waals surface area (Å²) in [5.41, 5.74) is 0.964. The van der Waals surface area contributed by atoms with Gasteiger partial charge in [-0.05, 0) is 18.2 Å². The fraction of sp³-hybridized carbons (Fsp3) is 0.333. The van der Waals surface area contributed by atoms with Crippen LogP contribution in [0, 0.1) is 0 Å².